The molecule has 0 saturated heterocycles. The maximum atomic E-state index is 12.6. The molecule has 0 atom stereocenters. The number of rotatable bonds is 6. The molecule has 2 heterocycles. The molecule has 1 aliphatic carbocycles. The summed E-state index contributed by atoms with van der Waals surface area (Å²) >= 11 is 0. The van der Waals surface area contributed by atoms with Crippen molar-refractivity contribution in [2.45, 2.75) is 45.1 Å². The monoisotopic (exact) mass is 384 g/mol. The van der Waals surface area contributed by atoms with Crippen molar-refractivity contribution in [1.82, 2.24) is 29.5 Å². The van der Waals surface area contributed by atoms with Gasteiger partial charge in [-0.05, 0) is 58.7 Å². The van der Waals surface area contributed by atoms with Crippen molar-refractivity contribution in [1.29, 1.82) is 0 Å². The Bertz CT molecular complexity index is 790. The first-order valence-electron chi connectivity index (χ1n) is 10.0. The molecule has 0 spiro atoms. The van der Waals surface area contributed by atoms with Gasteiger partial charge in [-0.2, -0.15) is 5.10 Å². The molecule has 3 rings (SSSR count). The molecule has 0 aromatic carbocycles. The van der Waals surface area contributed by atoms with Crippen molar-refractivity contribution in [2.75, 3.05) is 27.7 Å². The first-order valence-corrected chi connectivity index (χ1v) is 10.0. The average Bonchev–Trinajstić information content (AvgIpc) is 3.02. The van der Waals surface area contributed by atoms with E-state index in [9.17, 15) is 4.79 Å². The van der Waals surface area contributed by atoms with Crippen LogP contribution in [0.1, 0.15) is 59.2 Å². The summed E-state index contributed by atoms with van der Waals surface area (Å²) in [4.78, 5) is 24.9. The summed E-state index contributed by atoms with van der Waals surface area (Å²) in [6.07, 6.45) is 7.73. The zero-order valence-electron chi connectivity index (χ0n) is 17.7. The first-order chi connectivity index (χ1) is 13.3. The second-order valence-corrected chi connectivity index (χ2v) is 8.37. The van der Waals surface area contributed by atoms with Gasteiger partial charge >= 0.3 is 0 Å². The number of aryl methyl sites for hydroxylation is 2. The summed E-state index contributed by atoms with van der Waals surface area (Å²) in [5, 5.41) is 4.76. The Hall–Kier alpha value is -2.28. The highest BCUT2D eigenvalue weighted by molar-refractivity contribution is 5.91. The Morgan fingerprint density at radius 2 is 1.86 bits per heavy atom. The second kappa shape index (κ2) is 8.82. The fourth-order valence-corrected chi connectivity index (χ4v) is 4.01. The van der Waals surface area contributed by atoms with Crippen LogP contribution in [0.15, 0.2) is 18.5 Å². The highest BCUT2D eigenvalue weighted by Gasteiger charge is 2.27. The zero-order valence-corrected chi connectivity index (χ0v) is 17.7. The lowest BCUT2D eigenvalue weighted by Gasteiger charge is -2.30. The zero-order chi connectivity index (χ0) is 20.3. The van der Waals surface area contributed by atoms with E-state index >= 15 is 0 Å². The van der Waals surface area contributed by atoms with Crippen LogP contribution in [-0.2, 0) is 13.6 Å². The second-order valence-electron chi connectivity index (χ2n) is 8.37. The normalized spacial score (nSPS) is 19.8. The van der Waals surface area contributed by atoms with Crippen LogP contribution in [0.5, 0.6) is 0 Å². The molecule has 7 nitrogen and oxygen atoms in total. The van der Waals surface area contributed by atoms with Crippen molar-refractivity contribution in [3.05, 3.63) is 41.2 Å². The highest BCUT2D eigenvalue weighted by Crippen LogP contribution is 2.35. The molecule has 152 valence electrons. The molecule has 0 radical (unpaired) electrons. The van der Waals surface area contributed by atoms with E-state index in [2.05, 4.69) is 35.0 Å². The van der Waals surface area contributed by atoms with Crippen LogP contribution in [0.3, 0.4) is 0 Å². The summed E-state index contributed by atoms with van der Waals surface area (Å²) in [6.45, 7) is 3.55. The minimum Gasteiger partial charge on any atom is -0.340 e. The minimum absolute atomic E-state index is 0.0484. The first kappa shape index (κ1) is 20.5. The molecular formula is C21H32N6O. The molecule has 1 saturated carbocycles. The third-order valence-electron chi connectivity index (χ3n) is 5.62. The van der Waals surface area contributed by atoms with E-state index in [1.807, 2.05) is 25.7 Å². The predicted molar refractivity (Wildman–Crippen MR) is 109 cm³/mol. The van der Waals surface area contributed by atoms with Crippen molar-refractivity contribution in [3.8, 4) is 0 Å². The molecule has 2 aromatic rings. The van der Waals surface area contributed by atoms with Crippen LogP contribution < -0.4 is 0 Å². The summed E-state index contributed by atoms with van der Waals surface area (Å²) < 4.78 is 2.01. The SMILES string of the molecule is Cc1cnc(C(=O)N(C)CC2CCC(c3cc(CN(C)C)n(C)n3)CC2)cn1. The van der Waals surface area contributed by atoms with E-state index in [0.29, 0.717) is 17.5 Å². The fraction of sp³-hybridized carbons (Fsp3) is 0.619. The van der Waals surface area contributed by atoms with Gasteiger partial charge in [0, 0.05) is 39.3 Å². The largest absolute Gasteiger partial charge is 0.340 e. The van der Waals surface area contributed by atoms with Gasteiger partial charge in [-0.3, -0.25) is 14.5 Å². The van der Waals surface area contributed by atoms with Gasteiger partial charge in [0.25, 0.3) is 5.91 Å². The van der Waals surface area contributed by atoms with Crippen LogP contribution in [0, 0.1) is 12.8 Å². The lowest BCUT2D eigenvalue weighted by atomic mass is 9.80. The molecule has 2 aromatic heterocycles. The summed E-state index contributed by atoms with van der Waals surface area (Å²) in [5.74, 6) is 1.02. The number of carbonyl (C=O) groups excluding carboxylic acids is 1. The van der Waals surface area contributed by atoms with Gasteiger partial charge in [-0.15, -0.1) is 0 Å². The maximum Gasteiger partial charge on any atom is 0.273 e. The van der Waals surface area contributed by atoms with E-state index in [-0.39, 0.29) is 5.91 Å². The maximum absolute atomic E-state index is 12.6. The van der Waals surface area contributed by atoms with E-state index < -0.39 is 0 Å². The number of aromatic nitrogens is 4. The van der Waals surface area contributed by atoms with Gasteiger partial charge in [-0.1, -0.05) is 0 Å². The van der Waals surface area contributed by atoms with Crippen LogP contribution in [-0.4, -0.2) is 63.1 Å². The van der Waals surface area contributed by atoms with Crippen molar-refractivity contribution in [2.24, 2.45) is 13.0 Å². The quantitative estimate of drug-likeness (QED) is 0.766. The Balaban J connectivity index is 1.52. The van der Waals surface area contributed by atoms with Gasteiger partial charge in [-0.25, -0.2) is 4.98 Å². The fourth-order valence-electron chi connectivity index (χ4n) is 4.01. The van der Waals surface area contributed by atoms with Crippen LogP contribution in [0.2, 0.25) is 0 Å². The van der Waals surface area contributed by atoms with Gasteiger partial charge < -0.3 is 9.80 Å². The minimum atomic E-state index is -0.0484. The summed E-state index contributed by atoms with van der Waals surface area (Å²) in [7, 11) is 8.06. The van der Waals surface area contributed by atoms with Crippen molar-refractivity contribution >= 4 is 5.91 Å². The van der Waals surface area contributed by atoms with E-state index in [4.69, 9.17) is 5.10 Å². The van der Waals surface area contributed by atoms with Crippen LogP contribution in [0.25, 0.3) is 0 Å². The molecule has 0 aliphatic heterocycles. The molecule has 28 heavy (non-hydrogen) atoms. The van der Waals surface area contributed by atoms with Gasteiger partial charge in [0.1, 0.15) is 5.69 Å². The van der Waals surface area contributed by atoms with Crippen molar-refractivity contribution < 1.29 is 4.79 Å². The Kier molecular flexibility index (Phi) is 6.44. The molecule has 1 fully saturated rings. The summed E-state index contributed by atoms with van der Waals surface area (Å²) in [6, 6.07) is 2.26. The average molecular weight is 385 g/mol. The van der Waals surface area contributed by atoms with Gasteiger partial charge in [0.05, 0.1) is 23.3 Å². The predicted octanol–water partition coefficient (Wildman–Crippen LogP) is 2.63. The highest BCUT2D eigenvalue weighted by atomic mass is 16.2. The molecule has 7 heteroatoms. The van der Waals surface area contributed by atoms with E-state index in [1.165, 1.54) is 11.4 Å². The standard InChI is InChI=1S/C21H32N6O/c1-15-11-23-20(12-22-15)21(28)26(4)13-16-6-8-17(9-7-16)19-10-18(14-25(2)3)27(5)24-19/h10-12,16-17H,6-9,13-14H2,1-5H3. The third kappa shape index (κ3) is 4.95. The Morgan fingerprint density at radius 3 is 2.46 bits per heavy atom. The number of amides is 1. The van der Waals surface area contributed by atoms with Crippen LogP contribution in [0.4, 0.5) is 0 Å². The number of nitrogens with zero attached hydrogens (tertiary/aromatic N) is 6. The lowest BCUT2D eigenvalue weighted by molar-refractivity contribution is 0.0751. The molecule has 0 N–H and O–H groups in total. The van der Waals surface area contributed by atoms with Gasteiger partial charge in [0.2, 0.25) is 0 Å². The summed E-state index contributed by atoms with van der Waals surface area (Å²) in [5.41, 5.74) is 3.72. The van der Waals surface area contributed by atoms with Gasteiger partial charge in [0.15, 0.2) is 0 Å². The number of hydrogen-bond acceptors (Lipinski definition) is 5. The number of carbonyl (C=O) groups is 1. The number of hydrogen-bond donors (Lipinski definition) is 0. The smallest absolute Gasteiger partial charge is 0.273 e. The van der Waals surface area contributed by atoms with Crippen molar-refractivity contribution in [3.63, 3.8) is 0 Å². The molecule has 1 amide bonds. The van der Waals surface area contributed by atoms with E-state index in [1.54, 1.807) is 17.3 Å². The Labute approximate surface area is 167 Å². The molecule has 0 unspecified atom stereocenters. The van der Waals surface area contributed by atoms with E-state index in [0.717, 1.165) is 44.5 Å². The third-order valence-corrected chi connectivity index (χ3v) is 5.62. The molecule has 0 bridgehead atoms. The molecular weight excluding hydrogens is 352 g/mol. The topological polar surface area (TPSA) is 67.2 Å². The van der Waals surface area contributed by atoms with Crippen LogP contribution >= 0.6 is 0 Å². The molecule has 1 aliphatic rings. The lowest BCUT2D eigenvalue weighted by Crippen LogP contribution is -2.33. The Morgan fingerprint density at radius 1 is 1.14 bits per heavy atom.